The first kappa shape index (κ1) is 19.4. The molecule has 1 aromatic carbocycles. The summed E-state index contributed by atoms with van der Waals surface area (Å²) in [5, 5.41) is 3.06. The van der Waals surface area contributed by atoms with Crippen molar-refractivity contribution in [3.05, 3.63) is 87.6 Å². The van der Waals surface area contributed by atoms with Gasteiger partial charge in [-0.05, 0) is 42.1 Å². The number of esters is 1. The Labute approximate surface area is 173 Å². The number of benzene rings is 1. The monoisotopic (exact) mass is 407 g/mol. The number of carbonyl (C=O) groups excluding carboxylic acids is 1. The van der Waals surface area contributed by atoms with Crippen LogP contribution in [-0.2, 0) is 24.4 Å². The number of quaternary nitrogens is 1. The predicted molar refractivity (Wildman–Crippen MR) is 113 cm³/mol. The molecule has 148 valence electrons. The molecule has 0 aliphatic carbocycles. The highest BCUT2D eigenvalue weighted by Crippen LogP contribution is 2.23. The Kier molecular flexibility index (Phi) is 5.74. The lowest BCUT2D eigenvalue weighted by molar-refractivity contribution is -0.942. The molecule has 0 amide bonds. The summed E-state index contributed by atoms with van der Waals surface area (Å²) in [5.74, 6) is 0.568. The van der Waals surface area contributed by atoms with Crippen molar-refractivity contribution in [2.45, 2.75) is 26.6 Å². The lowest BCUT2D eigenvalue weighted by Gasteiger charge is -2.20. The summed E-state index contributed by atoms with van der Waals surface area (Å²) < 4.78 is 10.7. The zero-order valence-corrected chi connectivity index (χ0v) is 17.3. The number of thiophene rings is 1. The number of methoxy groups -OCH3 is 1. The van der Waals surface area contributed by atoms with Crippen molar-refractivity contribution in [2.75, 3.05) is 7.11 Å². The average Bonchev–Trinajstić information content (AvgIpc) is 3.42. The van der Waals surface area contributed by atoms with Crippen molar-refractivity contribution in [2.24, 2.45) is 0 Å². The first-order chi connectivity index (χ1) is 14.2. The SMILES string of the molecule is COC(=O)c1c(C[NH+](Cc2ccco2)Cc2cccs2)nc2ccccc2c1C. The van der Waals surface area contributed by atoms with Crippen LogP contribution in [0.4, 0.5) is 0 Å². The minimum atomic E-state index is -0.343. The second-order valence-corrected chi connectivity index (χ2v) is 8.04. The summed E-state index contributed by atoms with van der Waals surface area (Å²) in [4.78, 5) is 20.0. The van der Waals surface area contributed by atoms with E-state index in [0.717, 1.165) is 34.5 Å². The van der Waals surface area contributed by atoms with Gasteiger partial charge in [-0.25, -0.2) is 9.78 Å². The normalized spacial score (nSPS) is 12.2. The molecule has 1 unspecified atom stereocenters. The number of rotatable bonds is 7. The summed E-state index contributed by atoms with van der Waals surface area (Å²) in [7, 11) is 1.42. The molecule has 0 bridgehead atoms. The molecule has 4 rings (SSSR count). The number of fused-ring (bicyclic) bond motifs is 1. The Bertz CT molecular complexity index is 1070. The zero-order valence-electron chi connectivity index (χ0n) is 16.5. The minimum Gasteiger partial charge on any atom is -0.465 e. The molecule has 0 aliphatic heterocycles. The number of furan rings is 1. The van der Waals surface area contributed by atoms with Crippen molar-refractivity contribution in [3.63, 3.8) is 0 Å². The van der Waals surface area contributed by atoms with Gasteiger partial charge in [0.25, 0.3) is 0 Å². The summed E-state index contributed by atoms with van der Waals surface area (Å²) in [6.45, 7) is 4.09. The van der Waals surface area contributed by atoms with Gasteiger partial charge in [-0.2, -0.15) is 0 Å². The molecule has 1 atom stereocenters. The van der Waals surface area contributed by atoms with Gasteiger partial charge in [-0.15, -0.1) is 11.3 Å². The van der Waals surface area contributed by atoms with Crippen LogP contribution in [-0.4, -0.2) is 18.1 Å². The maximum absolute atomic E-state index is 12.6. The van der Waals surface area contributed by atoms with E-state index in [4.69, 9.17) is 14.1 Å². The number of hydrogen-bond acceptors (Lipinski definition) is 5. The van der Waals surface area contributed by atoms with E-state index in [-0.39, 0.29) is 5.97 Å². The number of carbonyl (C=O) groups is 1. The Morgan fingerprint density at radius 1 is 1.10 bits per heavy atom. The van der Waals surface area contributed by atoms with Gasteiger partial charge in [0.1, 0.15) is 25.3 Å². The fourth-order valence-electron chi connectivity index (χ4n) is 3.68. The summed E-state index contributed by atoms with van der Waals surface area (Å²) in [6, 6.07) is 16.0. The molecule has 29 heavy (non-hydrogen) atoms. The number of pyridine rings is 1. The van der Waals surface area contributed by atoms with E-state index in [0.29, 0.717) is 18.7 Å². The van der Waals surface area contributed by atoms with Crippen LogP contribution in [0.3, 0.4) is 0 Å². The molecule has 6 heteroatoms. The van der Waals surface area contributed by atoms with E-state index in [9.17, 15) is 4.79 Å². The van der Waals surface area contributed by atoms with Crippen molar-refractivity contribution < 1.29 is 18.8 Å². The standard InChI is InChI=1S/C23H22N2O3S/c1-16-19-9-3-4-10-20(19)24-21(22(16)23(26)27-2)15-25(13-17-7-5-11-28-17)14-18-8-6-12-29-18/h3-12H,13-15H2,1-2H3/p+1. The van der Waals surface area contributed by atoms with E-state index in [1.807, 2.05) is 43.3 Å². The van der Waals surface area contributed by atoms with Gasteiger partial charge in [0.15, 0.2) is 5.76 Å². The molecule has 0 saturated carbocycles. The molecule has 3 heterocycles. The molecule has 0 aliphatic rings. The molecular formula is C23H23N2O3S+. The van der Waals surface area contributed by atoms with Gasteiger partial charge in [0, 0.05) is 5.39 Å². The average molecular weight is 408 g/mol. The molecule has 0 fully saturated rings. The van der Waals surface area contributed by atoms with Gasteiger partial charge in [-0.3, -0.25) is 0 Å². The molecule has 0 saturated heterocycles. The minimum absolute atomic E-state index is 0.343. The van der Waals surface area contributed by atoms with Crippen molar-refractivity contribution in [1.82, 2.24) is 4.98 Å². The number of hydrogen-bond donors (Lipinski definition) is 1. The van der Waals surface area contributed by atoms with Crippen LogP contribution in [0.2, 0.25) is 0 Å². The fraction of sp³-hybridized carbons (Fsp3) is 0.217. The van der Waals surface area contributed by atoms with Crippen LogP contribution >= 0.6 is 11.3 Å². The fourth-order valence-corrected chi connectivity index (χ4v) is 4.46. The van der Waals surface area contributed by atoms with Crippen molar-refractivity contribution in [3.8, 4) is 0 Å². The number of aromatic nitrogens is 1. The maximum atomic E-state index is 12.6. The number of ether oxygens (including phenoxy) is 1. The van der Waals surface area contributed by atoms with Crippen LogP contribution in [0.1, 0.15) is 32.3 Å². The summed E-state index contributed by atoms with van der Waals surface area (Å²) >= 11 is 1.73. The van der Waals surface area contributed by atoms with Gasteiger partial charge >= 0.3 is 5.97 Å². The largest absolute Gasteiger partial charge is 0.465 e. The Morgan fingerprint density at radius 2 is 1.97 bits per heavy atom. The van der Waals surface area contributed by atoms with E-state index >= 15 is 0 Å². The van der Waals surface area contributed by atoms with E-state index < -0.39 is 0 Å². The molecule has 4 aromatic rings. The topological polar surface area (TPSA) is 56.8 Å². The van der Waals surface area contributed by atoms with Crippen LogP contribution in [0, 0.1) is 6.92 Å². The molecule has 5 nitrogen and oxygen atoms in total. The number of nitrogens with one attached hydrogen (secondary N) is 1. The summed E-state index contributed by atoms with van der Waals surface area (Å²) in [5.41, 5.74) is 3.12. The third-order valence-corrected chi connectivity index (χ3v) is 5.92. The van der Waals surface area contributed by atoms with Crippen LogP contribution in [0.25, 0.3) is 10.9 Å². The van der Waals surface area contributed by atoms with E-state index in [2.05, 4.69) is 17.5 Å². The quantitative estimate of drug-likeness (QED) is 0.474. The molecule has 3 aromatic heterocycles. The van der Waals surface area contributed by atoms with Gasteiger partial charge in [0.05, 0.1) is 29.3 Å². The Balaban J connectivity index is 1.74. The maximum Gasteiger partial charge on any atom is 0.340 e. The van der Waals surface area contributed by atoms with Crippen molar-refractivity contribution >= 4 is 28.2 Å². The third-order valence-electron chi connectivity index (χ3n) is 5.04. The highest BCUT2D eigenvalue weighted by molar-refractivity contribution is 7.09. The van der Waals surface area contributed by atoms with Crippen molar-refractivity contribution in [1.29, 1.82) is 0 Å². The molecule has 0 radical (unpaired) electrons. The van der Waals surface area contributed by atoms with E-state index in [1.54, 1.807) is 17.6 Å². The molecular weight excluding hydrogens is 384 g/mol. The highest BCUT2D eigenvalue weighted by Gasteiger charge is 2.24. The van der Waals surface area contributed by atoms with Gasteiger partial charge < -0.3 is 14.1 Å². The predicted octanol–water partition coefficient (Wildman–Crippen LogP) is 3.77. The number of nitrogens with zero attached hydrogens (tertiary/aromatic N) is 1. The first-order valence-electron chi connectivity index (χ1n) is 9.50. The third kappa shape index (κ3) is 4.23. The zero-order chi connectivity index (χ0) is 20.2. The van der Waals surface area contributed by atoms with Crippen LogP contribution in [0.15, 0.2) is 64.6 Å². The molecule has 0 spiro atoms. The van der Waals surface area contributed by atoms with Crippen LogP contribution in [0.5, 0.6) is 0 Å². The number of para-hydroxylation sites is 1. The Morgan fingerprint density at radius 3 is 2.69 bits per heavy atom. The number of aryl methyl sites for hydroxylation is 1. The first-order valence-corrected chi connectivity index (χ1v) is 10.4. The van der Waals surface area contributed by atoms with E-state index in [1.165, 1.54) is 16.9 Å². The summed E-state index contributed by atoms with van der Waals surface area (Å²) in [6.07, 6.45) is 1.69. The lowest BCUT2D eigenvalue weighted by atomic mass is 10.0. The second-order valence-electron chi connectivity index (χ2n) is 7.01. The van der Waals surface area contributed by atoms with Gasteiger partial charge in [0.2, 0.25) is 0 Å². The highest BCUT2D eigenvalue weighted by atomic mass is 32.1. The smallest absolute Gasteiger partial charge is 0.340 e. The lowest BCUT2D eigenvalue weighted by Crippen LogP contribution is -3.08. The molecule has 1 N–H and O–H groups in total. The Hall–Kier alpha value is -2.96. The second kappa shape index (κ2) is 8.59. The van der Waals surface area contributed by atoms with Gasteiger partial charge in [-0.1, -0.05) is 24.3 Å². The van der Waals surface area contributed by atoms with Crippen LogP contribution < -0.4 is 4.90 Å².